The lowest BCUT2D eigenvalue weighted by atomic mass is 10.1. The third kappa shape index (κ3) is 3.53. The van der Waals surface area contributed by atoms with Gasteiger partial charge in [0.25, 0.3) is 5.91 Å². The number of nitrogens with two attached hydrogens (primary N) is 1. The molecule has 5 rings (SSSR count). The second kappa shape index (κ2) is 7.84. The summed E-state index contributed by atoms with van der Waals surface area (Å²) in [5.74, 6) is -0.697. The number of benzene rings is 1. The summed E-state index contributed by atoms with van der Waals surface area (Å²) < 4.78 is 12.6. The Balaban J connectivity index is 1.62. The van der Waals surface area contributed by atoms with Gasteiger partial charge in [0.2, 0.25) is 5.91 Å². The van der Waals surface area contributed by atoms with Crippen molar-refractivity contribution in [3.63, 3.8) is 0 Å². The zero-order chi connectivity index (χ0) is 21.4. The first kappa shape index (κ1) is 19.3. The molecule has 31 heavy (non-hydrogen) atoms. The summed E-state index contributed by atoms with van der Waals surface area (Å²) in [6.07, 6.45) is 4.04. The highest BCUT2D eigenvalue weighted by molar-refractivity contribution is 6.04. The van der Waals surface area contributed by atoms with Gasteiger partial charge in [-0.3, -0.25) is 19.3 Å². The van der Waals surface area contributed by atoms with E-state index in [1.165, 1.54) is 4.68 Å². The van der Waals surface area contributed by atoms with Gasteiger partial charge in [-0.2, -0.15) is 5.10 Å². The second-order valence-electron chi connectivity index (χ2n) is 7.46. The lowest BCUT2D eigenvalue weighted by molar-refractivity contribution is -0.118. The molecule has 0 atom stereocenters. The minimum Gasteiger partial charge on any atom is -0.464 e. The van der Waals surface area contributed by atoms with Crippen LogP contribution < -0.4 is 5.73 Å². The van der Waals surface area contributed by atoms with Crippen molar-refractivity contribution in [2.24, 2.45) is 5.73 Å². The van der Waals surface area contributed by atoms with Crippen molar-refractivity contribution < 1.29 is 18.7 Å². The van der Waals surface area contributed by atoms with Crippen LogP contribution in [0.1, 0.15) is 16.9 Å². The topological polar surface area (TPSA) is 116 Å². The number of amides is 2. The molecule has 1 aromatic carbocycles. The number of aromatic nitrogens is 3. The van der Waals surface area contributed by atoms with Crippen molar-refractivity contribution >= 4 is 33.7 Å². The van der Waals surface area contributed by atoms with Crippen molar-refractivity contribution in [3.8, 4) is 11.3 Å². The maximum absolute atomic E-state index is 13.0. The summed E-state index contributed by atoms with van der Waals surface area (Å²) in [4.78, 5) is 30.8. The fraction of sp³-hybridized carbons (Fsp3) is 0.273. The molecule has 0 aliphatic carbocycles. The summed E-state index contributed by atoms with van der Waals surface area (Å²) in [7, 11) is 0. The van der Waals surface area contributed by atoms with E-state index in [0.717, 1.165) is 23.0 Å². The third-order valence-electron chi connectivity index (χ3n) is 5.41. The standard InChI is InChI=1S/C22H21N5O4/c23-20(28)12-27-18-10-17(22(29)26-6-3-8-30-9-7-26)24-11-15(18)21(25-27)16-13-31-19-5-2-1-4-14(16)19/h1-2,4-5,10-11,13H,3,6-9,12H2,(H2,23,28). The predicted molar refractivity (Wildman–Crippen MR) is 113 cm³/mol. The molecule has 0 radical (unpaired) electrons. The van der Waals surface area contributed by atoms with Crippen LogP contribution in [0, 0.1) is 0 Å². The lowest BCUT2D eigenvalue weighted by Crippen LogP contribution is -2.33. The first-order valence-corrected chi connectivity index (χ1v) is 10.1. The van der Waals surface area contributed by atoms with E-state index in [2.05, 4.69) is 10.1 Å². The Morgan fingerprint density at radius 1 is 1.13 bits per heavy atom. The molecule has 4 aromatic rings. The van der Waals surface area contributed by atoms with Gasteiger partial charge >= 0.3 is 0 Å². The van der Waals surface area contributed by atoms with E-state index in [4.69, 9.17) is 14.9 Å². The monoisotopic (exact) mass is 419 g/mol. The van der Waals surface area contributed by atoms with E-state index in [1.807, 2.05) is 24.3 Å². The molecule has 1 aliphatic heterocycles. The predicted octanol–water partition coefficient (Wildman–Crippen LogP) is 2.19. The number of carbonyl (C=O) groups is 2. The van der Waals surface area contributed by atoms with Crippen molar-refractivity contribution in [1.82, 2.24) is 19.7 Å². The molecule has 9 heteroatoms. The summed E-state index contributed by atoms with van der Waals surface area (Å²) in [6, 6.07) is 9.31. The highest BCUT2D eigenvalue weighted by Gasteiger charge is 2.23. The van der Waals surface area contributed by atoms with E-state index in [9.17, 15) is 9.59 Å². The fourth-order valence-electron chi connectivity index (χ4n) is 3.93. The largest absolute Gasteiger partial charge is 0.464 e. The van der Waals surface area contributed by atoms with Gasteiger partial charge in [0.1, 0.15) is 29.8 Å². The van der Waals surface area contributed by atoms with E-state index in [1.54, 1.807) is 23.4 Å². The zero-order valence-electron chi connectivity index (χ0n) is 16.8. The second-order valence-corrected chi connectivity index (χ2v) is 7.46. The maximum atomic E-state index is 13.0. The molecule has 158 valence electrons. The summed E-state index contributed by atoms with van der Waals surface area (Å²) in [6.45, 7) is 2.17. The minimum absolute atomic E-state index is 0.110. The Labute approximate surface area is 177 Å². The van der Waals surface area contributed by atoms with Crippen LogP contribution in [0.15, 0.2) is 47.2 Å². The number of hydrogen-bond acceptors (Lipinski definition) is 6. The highest BCUT2D eigenvalue weighted by Crippen LogP contribution is 2.34. The summed E-state index contributed by atoms with van der Waals surface area (Å²) >= 11 is 0. The van der Waals surface area contributed by atoms with E-state index >= 15 is 0 Å². The molecular formula is C22H21N5O4. The molecule has 1 saturated heterocycles. The van der Waals surface area contributed by atoms with Gasteiger partial charge in [0.05, 0.1) is 12.1 Å². The molecule has 2 N–H and O–H groups in total. The number of para-hydroxylation sites is 1. The van der Waals surface area contributed by atoms with Gasteiger partial charge in [-0.05, 0) is 18.6 Å². The van der Waals surface area contributed by atoms with Crippen LogP contribution in [-0.4, -0.2) is 57.8 Å². The van der Waals surface area contributed by atoms with E-state index in [-0.39, 0.29) is 12.5 Å². The molecule has 0 spiro atoms. The fourth-order valence-corrected chi connectivity index (χ4v) is 3.93. The molecule has 1 aliphatic rings. The molecular weight excluding hydrogens is 398 g/mol. The average molecular weight is 419 g/mol. The number of nitrogens with zero attached hydrogens (tertiary/aromatic N) is 4. The molecule has 9 nitrogen and oxygen atoms in total. The number of carbonyl (C=O) groups excluding carboxylic acids is 2. The number of ether oxygens (including phenoxy) is 1. The van der Waals surface area contributed by atoms with Crippen LogP contribution in [0.5, 0.6) is 0 Å². The molecule has 4 heterocycles. The maximum Gasteiger partial charge on any atom is 0.272 e. The minimum atomic E-state index is -0.526. The Morgan fingerprint density at radius 3 is 2.87 bits per heavy atom. The Kier molecular flexibility index (Phi) is 4.87. The number of furan rings is 1. The Morgan fingerprint density at radius 2 is 2.00 bits per heavy atom. The summed E-state index contributed by atoms with van der Waals surface area (Å²) in [5, 5.41) is 6.23. The number of fused-ring (bicyclic) bond motifs is 2. The van der Waals surface area contributed by atoms with Crippen molar-refractivity contribution in [1.29, 1.82) is 0 Å². The van der Waals surface area contributed by atoms with Crippen LogP contribution in [0.3, 0.4) is 0 Å². The van der Waals surface area contributed by atoms with Gasteiger partial charge in [0, 0.05) is 42.2 Å². The molecule has 0 saturated carbocycles. The van der Waals surface area contributed by atoms with Gasteiger partial charge < -0.3 is 19.8 Å². The zero-order valence-corrected chi connectivity index (χ0v) is 16.8. The van der Waals surface area contributed by atoms with Crippen LogP contribution in [0.4, 0.5) is 0 Å². The number of rotatable bonds is 4. The van der Waals surface area contributed by atoms with Gasteiger partial charge in [-0.25, -0.2) is 0 Å². The molecule has 1 fully saturated rings. The molecule has 0 bridgehead atoms. The van der Waals surface area contributed by atoms with Gasteiger partial charge in [0.15, 0.2) is 0 Å². The van der Waals surface area contributed by atoms with Crippen LogP contribution in [0.25, 0.3) is 33.1 Å². The van der Waals surface area contributed by atoms with Gasteiger partial charge in [-0.1, -0.05) is 18.2 Å². The number of hydrogen-bond donors (Lipinski definition) is 1. The van der Waals surface area contributed by atoms with Crippen molar-refractivity contribution in [2.75, 3.05) is 26.3 Å². The summed E-state index contributed by atoms with van der Waals surface area (Å²) in [5.41, 5.74) is 8.49. The number of primary amides is 1. The molecule has 3 aromatic heterocycles. The first-order chi connectivity index (χ1) is 15.1. The molecule has 0 unspecified atom stereocenters. The average Bonchev–Trinajstić information content (AvgIpc) is 3.22. The Hall–Kier alpha value is -3.72. The smallest absolute Gasteiger partial charge is 0.272 e. The normalized spacial score (nSPS) is 14.8. The van der Waals surface area contributed by atoms with Crippen LogP contribution >= 0.6 is 0 Å². The highest BCUT2D eigenvalue weighted by atomic mass is 16.5. The number of pyridine rings is 1. The SMILES string of the molecule is NC(=O)Cn1nc(-c2coc3ccccc23)c2cnc(C(=O)N3CCCOCC3)cc21. The first-order valence-electron chi connectivity index (χ1n) is 10.1. The Bertz CT molecular complexity index is 1280. The van der Waals surface area contributed by atoms with Crippen molar-refractivity contribution in [3.05, 3.63) is 48.5 Å². The van der Waals surface area contributed by atoms with Crippen LogP contribution in [-0.2, 0) is 16.1 Å². The third-order valence-corrected chi connectivity index (χ3v) is 5.41. The molecule has 2 amide bonds. The van der Waals surface area contributed by atoms with Gasteiger partial charge in [-0.15, -0.1) is 0 Å². The quantitative estimate of drug-likeness (QED) is 0.542. The van der Waals surface area contributed by atoms with Crippen molar-refractivity contribution in [2.45, 2.75) is 13.0 Å². The van der Waals surface area contributed by atoms with E-state index in [0.29, 0.717) is 48.6 Å². The van der Waals surface area contributed by atoms with E-state index < -0.39 is 5.91 Å². The van der Waals surface area contributed by atoms with Crippen LogP contribution in [0.2, 0.25) is 0 Å². The lowest BCUT2D eigenvalue weighted by Gasteiger charge is -2.19.